The van der Waals surface area contributed by atoms with Crippen LogP contribution in [0.3, 0.4) is 0 Å². The van der Waals surface area contributed by atoms with Crippen molar-refractivity contribution in [2.24, 2.45) is 16.8 Å². The molecule has 0 aromatic heterocycles. The molecule has 39 heavy (non-hydrogen) atoms. The first kappa shape index (κ1) is 27.9. The molecule has 0 unspecified atom stereocenters. The van der Waals surface area contributed by atoms with Gasteiger partial charge in [-0.25, -0.2) is 8.42 Å². The zero-order valence-corrected chi connectivity index (χ0v) is 21.6. The number of non-ortho nitro benzene ring substituents is 1. The van der Waals surface area contributed by atoms with E-state index in [9.17, 15) is 33.4 Å². The van der Waals surface area contributed by atoms with E-state index < -0.39 is 37.4 Å². The van der Waals surface area contributed by atoms with Gasteiger partial charge in [0.25, 0.3) is 11.4 Å². The number of hydrogen-bond donors (Lipinski definition) is 2. The van der Waals surface area contributed by atoms with E-state index in [1.807, 2.05) is 4.90 Å². The molecule has 2 fully saturated rings. The molecule has 15 nitrogen and oxygen atoms in total. The summed E-state index contributed by atoms with van der Waals surface area (Å²) < 4.78 is 33.3. The van der Waals surface area contributed by atoms with Gasteiger partial charge in [-0.05, 0) is 25.0 Å². The molecular formula is C23H27N7O8S. The maximum absolute atomic E-state index is 13.4. The highest BCUT2D eigenvalue weighted by atomic mass is 32.2. The number of anilines is 2. The van der Waals surface area contributed by atoms with E-state index in [2.05, 4.69) is 10.5 Å². The molecule has 0 atom stereocenters. The Bertz CT molecular complexity index is 1400. The zero-order valence-electron chi connectivity index (χ0n) is 20.8. The number of piperidine rings is 1. The summed E-state index contributed by atoms with van der Waals surface area (Å²) in [5.74, 6) is -0.945. The number of carbonyl (C=O) groups is 1. The van der Waals surface area contributed by atoms with Crippen molar-refractivity contribution in [3.63, 3.8) is 0 Å². The molecule has 0 radical (unpaired) electrons. The second kappa shape index (κ2) is 11.7. The van der Waals surface area contributed by atoms with Crippen LogP contribution in [0.4, 0.5) is 22.7 Å². The van der Waals surface area contributed by atoms with Crippen LogP contribution in [-0.2, 0) is 19.6 Å². The summed E-state index contributed by atoms with van der Waals surface area (Å²) in [7, 11) is -4.19. The van der Waals surface area contributed by atoms with Crippen molar-refractivity contribution in [2.75, 3.05) is 49.7 Å². The van der Waals surface area contributed by atoms with Crippen LogP contribution in [0.5, 0.6) is 0 Å². The van der Waals surface area contributed by atoms with Gasteiger partial charge in [0.05, 0.1) is 35.0 Å². The lowest BCUT2D eigenvalue weighted by Gasteiger charge is -2.30. The fraction of sp³-hybridized carbons (Fsp3) is 0.391. The Labute approximate surface area is 223 Å². The number of nitrogens with one attached hydrogen (secondary N) is 1. The zero-order chi connectivity index (χ0) is 28.2. The van der Waals surface area contributed by atoms with Crippen LogP contribution in [0.1, 0.15) is 18.4 Å². The summed E-state index contributed by atoms with van der Waals surface area (Å²) in [4.78, 5) is 34.8. The van der Waals surface area contributed by atoms with E-state index in [0.29, 0.717) is 37.6 Å². The molecule has 4 rings (SSSR count). The minimum absolute atomic E-state index is 0.0201. The van der Waals surface area contributed by atoms with Gasteiger partial charge in [-0.15, -0.1) is 0 Å². The van der Waals surface area contributed by atoms with Crippen LogP contribution in [0.2, 0.25) is 0 Å². The van der Waals surface area contributed by atoms with Gasteiger partial charge in [-0.1, -0.05) is 6.07 Å². The minimum Gasteiger partial charge on any atom is -0.378 e. The van der Waals surface area contributed by atoms with E-state index in [4.69, 9.17) is 10.5 Å². The topological polar surface area (TPSA) is 204 Å². The van der Waals surface area contributed by atoms with E-state index in [-0.39, 0.29) is 42.2 Å². The van der Waals surface area contributed by atoms with E-state index in [1.54, 1.807) is 12.1 Å². The van der Waals surface area contributed by atoms with Gasteiger partial charge < -0.3 is 15.4 Å². The lowest BCUT2D eigenvalue weighted by molar-refractivity contribution is -0.385. The SMILES string of the molecule is NC(=O)C1CCN(S(=O)(=O)c2cc([N+](=O)[O-])ccc2N/N=C\c2ccc(N3CCOCC3)c([N+](=O)[O-])c2)CC1. The molecule has 16 heteroatoms. The molecule has 3 N–H and O–H groups in total. The summed E-state index contributed by atoms with van der Waals surface area (Å²) in [5.41, 5.74) is 8.21. The highest BCUT2D eigenvalue weighted by molar-refractivity contribution is 7.89. The minimum atomic E-state index is -4.19. The summed E-state index contributed by atoms with van der Waals surface area (Å²) in [5, 5.41) is 27.1. The number of amides is 1. The summed E-state index contributed by atoms with van der Waals surface area (Å²) in [6.45, 7) is 2.03. The molecule has 208 valence electrons. The summed E-state index contributed by atoms with van der Waals surface area (Å²) in [6.07, 6.45) is 1.76. The number of rotatable bonds is 9. The average Bonchev–Trinajstić information content (AvgIpc) is 2.93. The van der Waals surface area contributed by atoms with Crippen molar-refractivity contribution >= 4 is 44.9 Å². The first-order valence-electron chi connectivity index (χ1n) is 12.1. The number of nitro benzene ring substituents is 2. The van der Waals surface area contributed by atoms with Gasteiger partial charge in [-0.3, -0.25) is 30.4 Å². The Morgan fingerprint density at radius 1 is 1.05 bits per heavy atom. The van der Waals surface area contributed by atoms with Gasteiger partial charge in [0.1, 0.15) is 10.6 Å². The predicted octanol–water partition coefficient (Wildman–Crippen LogP) is 1.67. The quantitative estimate of drug-likeness (QED) is 0.257. The van der Waals surface area contributed by atoms with Crippen molar-refractivity contribution in [1.29, 1.82) is 0 Å². The standard InChI is InChI=1S/C23H27N7O8S/c24-23(31)17-5-7-28(8-6-17)39(36,37)22-14-18(29(32)33)2-3-19(22)26-25-15-16-1-4-20(21(13-16)30(34)35)27-9-11-38-12-10-27/h1-4,13-15,17,26H,5-12H2,(H2,24,31)/b25-15-. The van der Waals surface area contributed by atoms with Crippen LogP contribution < -0.4 is 16.1 Å². The Morgan fingerprint density at radius 2 is 1.74 bits per heavy atom. The normalized spacial score (nSPS) is 17.3. The van der Waals surface area contributed by atoms with E-state index in [1.165, 1.54) is 18.3 Å². The molecule has 0 spiro atoms. The molecule has 2 saturated heterocycles. The molecule has 2 heterocycles. The molecule has 2 aromatic rings. The number of primary amides is 1. The van der Waals surface area contributed by atoms with Crippen LogP contribution in [0, 0.1) is 26.1 Å². The van der Waals surface area contributed by atoms with Crippen LogP contribution >= 0.6 is 0 Å². The third-order valence-electron chi connectivity index (χ3n) is 6.60. The predicted molar refractivity (Wildman–Crippen MR) is 141 cm³/mol. The smallest absolute Gasteiger partial charge is 0.293 e. The highest BCUT2D eigenvalue weighted by Crippen LogP contribution is 2.32. The maximum atomic E-state index is 13.4. The van der Waals surface area contributed by atoms with Crippen molar-refractivity contribution < 1.29 is 27.8 Å². The van der Waals surface area contributed by atoms with E-state index in [0.717, 1.165) is 16.4 Å². The van der Waals surface area contributed by atoms with Gasteiger partial charge in [0, 0.05) is 55.9 Å². The Morgan fingerprint density at radius 3 is 2.36 bits per heavy atom. The lowest BCUT2D eigenvalue weighted by Crippen LogP contribution is -2.41. The number of hydrogen-bond acceptors (Lipinski definition) is 11. The van der Waals surface area contributed by atoms with Crippen LogP contribution in [0.25, 0.3) is 0 Å². The van der Waals surface area contributed by atoms with Gasteiger partial charge >= 0.3 is 0 Å². The number of nitrogens with zero attached hydrogens (tertiary/aromatic N) is 5. The Balaban J connectivity index is 1.58. The monoisotopic (exact) mass is 561 g/mol. The number of nitro groups is 2. The van der Waals surface area contributed by atoms with Crippen LogP contribution in [-0.4, -0.2) is 74.1 Å². The maximum Gasteiger partial charge on any atom is 0.293 e. The third-order valence-corrected chi connectivity index (χ3v) is 8.54. The van der Waals surface area contributed by atoms with Crippen LogP contribution in [0.15, 0.2) is 46.4 Å². The molecule has 2 aliphatic rings. The number of carbonyl (C=O) groups excluding carboxylic acids is 1. The molecule has 0 saturated carbocycles. The fourth-order valence-corrected chi connectivity index (χ4v) is 6.10. The van der Waals surface area contributed by atoms with Gasteiger partial charge in [0.15, 0.2) is 0 Å². The third kappa shape index (κ3) is 6.30. The first-order valence-corrected chi connectivity index (χ1v) is 13.5. The van der Waals surface area contributed by atoms with Crippen molar-refractivity contribution in [3.05, 3.63) is 62.2 Å². The van der Waals surface area contributed by atoms with Crippen molar-refractivity contribution in [2.45, 2.75) is 17.7 Å². The van der Waals surface area contributed by atoms with Gasteiger partial charge in [-0.2, -0.15) is 9.41 Å². The van der Waals surface area contributed by atoms with Crippen molar-refractivity contribution in [1.82, 2.24) is 4.31 Å². The lowest BCUT2D eigenvalue weighted by atomic mass is 9.98. The van der Waals surface area contributed by atoms with Crippen molar-refractivity contribution in [3.8, 4) is 0 Å². The molecule has 1 amide bonds. The Kier molecular flexibility index (Phi) is 8.37. The molecule has 2 aromatic carbocycles. The molecule has 2 aliphatic heterocycles. The van der Waals surface area contributed by atoms with E-state index >= 15 is 0 Å². The Hall–Kier alpha value is -4.15. The number of benzene rings is 2. The highest BCUT2D eigenvalue weighted by Gasteiger charge is 2.33. The van der Waals surface area contributed by atoms with Gasteiger partial charge in [0.2, 0.25) is 15.9 Å². The number of nitrogens with two attached hydrogens (primary N) is 1. The number of morpholine rings is 1. The molecule has 0 aliphatic carbocycles. The number of sulfonamides is 1. The number of hydrazone groups is 1. The largest absolute Gasteiger partial charge is 0.378 e. The molecular weight excluding hydrogens is 534 g/mol. The second-order valence-electron chi connectivity index (χ2n) is 8.99. The number of ether oxygens (including phenoxy) is 1. The summed E-state index contributed by atoms with van der Waals surface area (Å²) in [6, 6.07) is 7.91. The fourth-order valence-electron chi connectivity index (χ4n) is 4.47. The average molecular weight is 562 g/mol. The summed E-state index contributed by atoms with van der Waals surface area (Å²) >= 11 is 0. The first-order chi connectivity index (χ1) is 18.6. The second-order valence-corrected chi connectivity index (χ2v) is 10.9. The molecule has 0 bridgehead atoms.